The first kappa shape index (κ1) is 20.1. The van der Waals surface area contributed by atoms with Gasteiger partial charge in [-0.3, -0.25) is 9.78 Å². The molecule has 1 saturated carbocycles. The largest absolute Gasteiger partial charge is 0.326 e. The summed E-state index contributed by atoms with van der Waals surface area (Å²) in [5, 5.41) is 5.00. The minimum Gasteiger partial charge on any atom is -0.326 e. The van der Waals surface area contributed by atoms with Gasteiger partial charge in [0.05, 0.1) is 4.90 Å². The molecule has 2 aromatic carbocycles. The van der Waals surface area contributed by atoms with Crippen molar-refractivity contribution in [1.29, 1.82) is 0 Å². The topological polar surface area (TPSA) is 114 Å². The molecule has 1 aliphatic rings. The van der Waals surface area contributed by atoms with E-state index in [0.29, 0.717) is 0 Å². The van der Waals surface area contributed by atoms with Crippen LogP contribution in [-0.2, 0) is 14.8 Å². The van der Waals surface area contributed by atoms with Crippen molar-refractivity contribution in [2.24, 2.45) is 5.92 Å². The highest BCUT2D eigenvalue weighted by Gasteiger charge is 2.44. The van der Waals surface area contributed by atoms with E-state index >= 15 is 0 Å². The van der Waals surface area contributed by atoms with Crippen molar-refractivity contribution >= 4 is 38.3 Å². The van der Waals surface area contributed by atoms with Crippen molar-refractivity contribution in [3.05, 3.63) is 84.9 Å². The van der Waals surface area contributed by atoms with Crippen LogP contribution in [0.5, 0.6) is 0 Å². The third-order valence-electron chi connectivity index (χ3n) is 5.45. The van der Waals surface area contributed by atoms with Crippen LogP contribution in [0.4, 0.5) is 11.6 Å². The van der Waals surface area contributed by atoms with Gasteiger partial charge in [0.25, 0.3) is 10.0 Å². The van der Waals surface area contributed by atoms with E-state index in [0.717, 1.165) is 28.4 Å². The summed E-state index contributed by atoms with van der Waals surface area (Å²) in [4.78, 5) is 24.6. The van der Waals surface area contributed by atoms with E-state index in [9.17, 15) is 13.2 Å². The number of amides is 1. The molecule has 2 aromatic heterocycles. The molecule has 1 fully saturated rings. The van der Waals surface area contributed by atoms with E-state index < -0.39 is 10.0 Å². The van der Waals surface area contributed by atoms with Crippen molar-refractivity contribution < 1.29 is 13.2 Å². The number of fused-ring (bicyclic) bond motifs is 1. The molecule has 1 amide bonds. The summed E-state index contributed by atoms with van der Waals surface area (Å²) in [5.41, 5.74) is 1.68. The summed E-state index contributed by atoms with van der Waals surface area (Å²) >= 11 is 0. The maximum Gasteiger partial charge on any atom is 0.264 e. The van der Waals surface area contributed by atoms with Crippen LogP contribution in [0.15, 0.2) is 84.3 Å². The van der Waals surface area contributed by atoms with Crippen LogP contribution < -0.4 is 10.0 Å². The van der Waals surface area contributed by atoms with Gasteiger partial charge in [0.2, 0.25) is 11.9 Å². The molecule has 2 N–H and O–H groups in total. The SMILES string of the molecule is O=C(Nc1ccc2cnccc2c1)C1CC1c1ccc(S(=O)(=O)Nc2ncccn2)cc1. The van der Waals surface area contributed by atoms with E-state index in [4.69, 9.17) is 0 Å². The van der Waals surface area contributed by atoms with Crippen LogP contribution in [0, 0.1) is 5.92 Å². The Morgan fingerprint density at radius 3 is 2.50 bits per heavy atom. The molecular formula is C23H19N5O3S. The lowest BCUT2D eigenvalue weighted by atomic mass is 10.1. The molecule has 8 nitrogen and oxygen atoms in total. The lowest BCUT2D eigenvalue weighted by Gasteiger charge is -2.08. The summed E-state index contributed by atoms with van der Waals surface area (Å²) in [6, 6.07) is 15.8. The Balaban J connectivity index is 1.24. The number of anilines is 2. The Labute approximate surface area is 184 Å². The minimum atomic E-state index is -3.78. The number of hydrogen-bond donors (Lipinski definition) is 2. The van der Waals surface area contributed by atoms with E-state index in [1.165, 1.54) is 24.5 Å². The number of hydrogen-bond acceptors (Lipinski definition) is 6. The zero-order chi connectivity index (χ0) is 22.1. The lowest BCUT2D eigenvalue weighted by molar-refractivity contribution is -0.117. The summed E-state index contributed by atoms with van der Waals surface area (Å²) in [7, 11) is -3.78. The molecule has 0 spiro atoms. The third-order valence-corrected chi connectivity index (χ3v) is 6.79. The average molecular weight is 446 g/mol. The molecule has 32 heavy (non-hydrogen) atoms. The molecule has 2 atom stereocenters. The van der Waals surface area contributed by atoms with Crippen molar-refractivity contribution in [3.8, 4) is 0 Å². The number of pyridine rings is 1. The van der Waals surface area contributed by atoms with Gasteiger partial charge in [-0.1, -0.05) is 18.2 Å². The van der Waals surface area contributed by atoms with Crippen LogP contribution in [-0.4, -0.2) is 29.3 Å². The molecule has 9 heteroatoms. The molecule has 5 rings (SSSR count). The van der Waals surface area contributed by atoms with Gasteiger partial charge in [0.1, 0.15) is 0 Å². The van der Waals surface area contributed by atoms with E-state index in [2.05, 4.69) is 25.0 Å². The second-order valence-electron chi connectivity index (χ2n) is 7.62. The molecule has 0 bridgehead atoms. The first-order valence-corrected chi connectivity index (χ1v) is 11.5. The number of sulfonamides is 1. The van der Waals surface area contributed by atoms with Crippen molar-refractivity contribution in [2.75, 3.05) is 10.0 Å². The Morgan fingerprint density at radius 1 is 0.938 bits per heavy atom. The van der Waals surface area contributed by atoms with Gasteiger partial charge < -0.3 is 5.32 Å². The van der Waals surface area contributed by atoms with Gasteiger partial charge in [0.15, 0.2) is 0 Å². The first-order valence-electron chi connectivity index (χ1n) is 10.0. The highest BCUT2D eigenvalue weighted by atomic mass is 32.2. The van der Waals surface area contributed by atoms with E-state index in [1.807, 2.05) is 24.3 Å². The zero-order valence-corrected chi connectivity index (χ0v) is 17.7. The van der Waals surface area contributed by atoms with Gasteiger partial charge in [0, 0.05) is 41.8 Å². The summed E-state index contributed by atoms with van der Waals surface area (Å²) in [6.45, 7) is 0. The van der Waals surface area contributed by atoms with Crippen LogP contribution in [0.25, 0.3) is 10.8 Å². The van der Waals surface area contributed by atoms with Gasteiger partial charge in [-0.05, 0) is 59.7 Å². The number of aromatic nitrogens is 3. The van der Waals surface area contributed by atoms with Crippen molar-refractivity contribution in [1.82, 2.24) is 15.0 Å². The summed E-state index contributed by atoms with van der Waals surface area (Å²) in [6.07, 6.45) is 7.15. The Bertz CT molecular complexity index is 1390. The highest BCUT2D eigenvalue weighted by Crippen LogP contribution is 2.48. The van der Waals surface area contributed by atoms with Crippen LogP contribution in [0.3, 0.4) is 0 Å². The van der Waals surface area contributed by atoms with Gasteiger partial charge in [-0.25, -0.2) is 23.1 Å². The minimum absolute atomic E-state index is 0.0143. The Kier molecular flexibility index (Phi) is 5.02. The van der Waals surface area contributed by atoms with Crippen molar-refractivity contribution in [3.63, 3.8) is 0 Å². The Morgan fingerprint density at radius 2 is 1.72 bits per heavy atom. The first-order chi connectivity index (χ1) is 15.5. The monoisotopic (exact) mass is 445 g/mol. The summed E-state index contributed by atoms with van der Waals surface area (Å²) < 4.78 is 27.4. The molecular weight excluding hydrogens is 426 g/mol. The van der Waals surface area contributed by atoms with Gasteiger partial charge in [-0.2, -0.15) is 0 Å². The van der Waals surface area contributed by atoms with Crippen LogP contribution in [0.2, 0.25) is 0 Å². The predicted molar refractivity (Wildman–Crippen MR) is 121 cm³/mol. The zero-order valence-electron chi connectivity index (χ0n) is 16.8. The van der Waals surface area contributed by atoms with Crippen molar-refractivity contribution in [2.45, 2.75) is 17.2 Å². The normalized spacial score (nSPS) is 17.6. The number of carbonyl (C=O) groups excluding carboxylic acids is 1. The number of carbonyl (C=O) groups is 1. The fourth-order valence-corrected chi connectivity index (χ4v) is 4.63. The molecule has 0 aliphatic heterocycles. The second kappa shape index (κ2) is 8.01. The molecule has 0 radical (unpaired) electrons. The molecule has 160 valence electrons. The second-order valence-corrected chi connectivity index (χ2v) is 9.30. The fraction of sp³-hybridized carbons (Fsp3) is 0.130. The molecule has 2 heterocycles. The third kappa shape index (κ3) is 4.15. The lowest BCUT2D eigenvalue weighted by Crippen LogP contribution is -2.15. The fourth-order valence-electron chi connectivity index (χ4n) is 3.67. The van der Waals surface area contributed by atoms with Gasteiger partial charge >= 0.3 is 0 Å². The molecule has 1 aliphatic carbocycles. The summed E-state index contributed by atoms with van der Waals surface area (Å²) in [5.74, 6) is -0.0910. The van der Waals surface area contributed by atoms with E-state index in [1.54, 1.807) is 30.6 Å². The van der Waals surface area contributed by atoms with Crippen LogP contribution >= 0.6 is 0 Å². The molecule has 2 unspecified atom stereocenters. The number of rotatable bonds is 6. The van der Waals surface area contributed by atoms with E-state index in [-0.39, 0.29) is 28.6 Å². The molecule has 0 saturated heterocycles. The highest BCUT2D eigenvalue weighted by molar-refractivity contribution is 7.92. The number of nitrogens with zero attached hydrogens (tertiary/aromatic N) is 3. The average Bonchev–Trinajstić information content (AvgIpc) is 3.61. The number of benzene rings is 2. The maximum absolute atomic E-state index is 12.7. The maximum atomic E-state index is 12.7. The quantitative estimate of drug-likeness (QED) is 0.469. The number of nitrogens with one attached hydrogen (secondary N) is 2. The Hall–Kier alpha value is -3.85. The smallest absolute Gasteiger partial charge is 0.264 e. The van der Waals surface area contributed by atoms with Crippen LogP contribution in [0.1, 0.15) is 17.9 Å². The standard InChI is InChI=1S/C23H19N5O3S/c29-22(27-18-5-2-17-14-24-11-8-16(17)12-18)21-13-20(21)15-3-6-19(7-4-15)32(30,31)28-23-25-9-1-10-26-23/h1-12,14,20-21H,13H2,(H,27,29)(H,25,26,28). The molecule has 4 aromatic rings. The predicted octanol–water partition coefficient (Wildman–Crippen LogP) is 3.57. The van der Waals surface area contributed by atoms with Gasteiger partial charge in [-0.15, -0.1) is 0 Å².